The van der Waals surface area contributed by atoms with Crippen LogP contribution >= 0.6 is 0 Å². The Morgan fingerprint density at radius 3 is 2.76 bits per heavy atom. The van der Waals surface area contributed by atoms with Crippen LogP contribution in [0.1, 0.15) is 16.9 Å². The van der Waals surface area contributed by atoms with Crippen LogP contribution in [-0.2, 0) is 23.1 Å². The molecule has 1 aromatic heterocycles. The summed E-state index contributed by atoms with van der Waals surface area (Å²) >= 11 is 0. The highest BCUT2D eigenvalue weighted by Crippen LogP contribution is 2.19. The van der Waals surface area contributed by atoms with E-state index in [0.717, 1.165) is 6.07 Å². The quantitative estimate of drug-likeness (QED) is 0.851. The van der Waals surface area contributed by atoms with Crippen molar-refractivity contribution in [1.29, 1.82) is 0 Å². The van der Waals surface area contributed by atoms with Crippen LogP contribution in [0.2, 0.25) is 0 Å². The Kier molecular flexibility index (Phi) is 4.76. The molecule has 0 amide bonds. The first kappa shape index (κ1) is 15.7. The molecule has 0 spiro atoms. The molecule has 114 valence electrons. The van der Waals surface area contributed by atoms with Gasteiger partial charge < -0.3 is 9.52 Å². The summed E-state index contributed by atoms with van der Waals surface area (Å²) in [5.41, 5.74) is 0.134. The fourth-order valence-corrected chi connectivity index (χ4v) is 3.09. The first-order valence-electron chi connectivity index (χ1n) is 6.36. The second-order valence-corrected chi connectivity index (χ2v) is 6.37. The number of aryl methyl sites for hydroxylation is 1. The first-order valence-corrected chi connectivity index (χ1v) is 7.84. The lowest BCUT2D eigenvalue weighted by molar-refractivity contribution is 0.275. The SMILES string of the molecule is Cc1cc(S(=O)(=O)NCCc2ccco2)cc(CO)c1F. The fourth-order valence-electron chi connectivity index (χ4n) is 1.92. The van der Waals surface area contributed by atoms with Gasteiger partial charge in [0.1, 0.15) is 11.6 Å². The van der Waals surface area contributed by atoms with E-state index >= 15 is 0 Å². The Morgan fingerprint density at radius 1 is 1.38 bits per heavy atom. The van der Waals surface area contributed by atoms with Gasteiger partial charge in [-0.1, -0.05) is 0 Å². The van der Waals surface area contributed by atoms with Crippen molar-refractivity contribution < 1.29 is 22.3 Å². The van der Waals surface area contributed by atoms with E-state index in [-0.39, 0.29) is 22.6 Å². The van der Waals surface area contributed by atoms with Crippen LogP contribution in [0.25, 0.3) is 0 Å². The Labute approximate surface area is 122 Å². The zero-order chi connectivity index (χ0) is 15.5. The summed E-state index contributed by atoms with van der Waals surface area (Å²) in [4.78, 5) is -0.0649. The summed E-state index contributed by atoms with van der Waals surface area (Å²) in [6.45, 7) is 1.07. The second-order valence-electron chi connectivity index (χ2n) is 4.60. The predicted octanol–water partition coefficient (Wildman–Crippen LogP) is 1.74. The van der Waals surface area contributed by atoms with E-state index in [0.29, 0.717) is 12.2 Å². The molecule has 2 rings (SSSR count). The number of hydrogen-bond acceptors (Lipinski definition) is 4. The van der Waals surface area contributed by atoms with Gasteiger partial charge in [0.05, 0.1) is 17.8 Å². The highest BCUT2D eigenvalue weighted by Gasteiger charge is 2.17. The number of hydrogen-bond donors (Lipinski definition) is 2. The highest BCUT2D eigenvalue weighted by molar-refractivity contribution is 7.89. The van der Waals surface area contributed by atoms with Crippen molar-refractivity contribution in [3.63, 3.8) is 0 Å². The van der Waals surface area contributed by atoms with Crippen molar-refractivity contribution in [1.82, 2.24) is 4.72 Å². The summed E-state index contributed by atoms with van der Waals surface area (Å²) in [6.07, 6.45) is 1.93. The Balaban J connectivity index is 2.13. The molecule has 0 bridgehead atoms. The Hall–Kier alpha value is -1.70. The summed E-state index contributed by atoms with van der Waals surface area (Å²) < 4.78 is 45.4. The maximum atomic E-state index is 13.6. The lowest BCUT2D eigenvalue weighted by atomic mass is 10.1. The molecule has 0 aliphatic rings. The summed E-state index contributed by atoms with van der Waals surface area (Å²) in [5, 5.41) is 9.07. The van der Waals surface area contributed by atoms with Crippen LogP contribution in [0.4, 0.5) is 4.39 Å². The highest BCUT2D eigenvalue weighted by atomic mass is 32.2. The van der Waals surface area contributed by atoms with E-state index in [2.05, 4.69) is 4.72 Å². The molecule has 5 nitrogen and oxygen atoms in total. The number of aliphatic hydroxyl groups is 1. The van der Waals surface area contributed by atoms with E-state index in [9.17, 15) is 12.8 Å². The maximum Gasteiger partial charge on any atom is 0.240 e. The molecule has 1 heterocycles. The van der Waals surface area contributed by atoms with E-state index in [1.807, 2.05) is 0 Å². The van der Waals surface area contributed by atoms with Crippen molar-refractivity contribution >= 4 is 10.0 Å². The summed E-state index contributed by atoms with van der Waals surface area (Å²) in [6, 6.07) is 5.85. The molecular weight excluding hydrogens is 297 g/mol. The van der Waals surface area contributed by atoms with E-state index < -0.39 is 22.4 Å². The van der Waals surface area contributed by atoms with Crippen LogP contribution in [0.15, 0.2) is 39.8 Å². The largest absolute Gasteiger partial charge is 0.469 e. The van der Waals surface area contributed by atoms with Gasteiger partial charge in [-0.15, -0.1) is 0 Å². The molecule has 0 radical (unpaired) electrons. The minimum atomic E-state index is -3.75. The van der Waals surface area contributed by atoms with Gasteiger partial charge in [0.2, 0.25) is 10.0 Å². The molecule has 0 atom stereocenters. The smallest absolute Gasteiger partial charge is 0.240 e. The minimum Gasteiger partial charge on any atom is -0.469 e. The Morgan fingerprint density at radius 2 is 2.14 bits per heavy atom. The third kappa shape index (κ3) is 3.69. The first-order chi connectivity index (χ1) is 9.94. The van der Waals surface area contributed by atoms with Gasteiger partial charge in [-0.05, 0) is 36.8 Å². The van der Waals surface area contributed by atoms with Crippen LogP contribution in [0.5, 0.6) is 0 Å². The number of halogens is 1. The summed E-state index contributed by atoms with van der Waals surface area (Å²) in [5.74, 6) is 0.0797. The van der Waals surface area contributed by atoms with Gasteiger partial charge in [0.15, 0.2) is 0 Å². The van der Waals surface area contributed by atoms with Gasteiger partial charge in [0, 0.05) is 18.5 Å². The van der Waals surface area contributed by atoms with Crippen LogP contribution in [0, 0.1) is 12.7 Å². The number of aliphatic hydroxyl groups excluding tert-OH is 1. The number of benzene rings is 1. The zero-order valence-corrected chi connectivity index (χ0v) is 12.3. The molecule has 0 saturated carbocycles. The van der Waals surface area contributed by atoms with Crippen molar-refractivity contribution in [3.8, 4) is 0 Å². The van der Waals surface area contributed by atoms with Crippen LogP contribution in [0.3, 0.4) is 0 Å². The number of nitrogens with one attached hydrogen (secondary N) is 1. The molecule has 0 fully saturated rings. The standard InChI is InChI=1S/C14H16FNO4S/c1-10-7-13(8-11(9-17)14(10)15)21(18,19)16-5-4-12-3-2-6-20-12/h2-3,6-8,16-17H,4-5,9H2,1H3. The fraction of sp³-hybridized carbons (Fsp3) is 0.286. The topological polar surface area (TPSA) is 79.5 Å². The minimum absolute atomic E-state index is 0.0404. The van der Waals surface area contributed by atoms with Crippen molar-refractivity contribution in [2.45, 2.75) is 24.8 Å². The zero-order valence-electron chi connectivity index (χ0n) is 11.5. The van der Waals surface area contributed by atoms with Gasteiger partial charge in [0.25, 0.3) is 0 Å². The van der Waals surface area contributed by atoms with Crippen molar-refractivity contribution in [3.05, 3.63) is 53.2 Å². The van der Waals surface area contributed by atoms with E-state index in [4.69, 9.17) is 9.52 Å². The average Bonchev–Trinajstić information content (AvgIpc) is 2.94. The Bertz CT molecular complexity index is 711. The lowest BCUT2D eigenvalue weighted by Gasteiger charge is -2.10. The molecule has 0 saturated heterocycles. The van der Waals surface area contributed by atoms with Crippen molar-refractivity contribution in [2.75, 3.05) is 6.54 Å². The number of rotatable bonds is 6. The van der Waals surface area contributed by atoms with Crippen LogP contribution in [-0.4, -0.2) is 20.1 Å². The third-order valence-electron chi connectivity index (χ3n) is 3.03. The molecule has 2 N–H and O–H groups in total. The van der Waals surface area contributed by atoms with E-state index in [1.54, 1.807) is 12.1 Å². The third-order valence-corrected chi connectivity index (χ3v) is 4.47. The maximum absolute atomic E-state index is 13.6. The molecule has 7 heteroatoms. The van der Waals surface area contributed by atoms with Gasteiger partial charge in [-0.2, -0.15) is 0 Å². The van der Waals surface area contributed by atoms with Gasteiger partial charge in [-0.3, -0.25) is 0 Å². The van der Waals surface area contributed by atoms with Crippen LogP contribution < -0.4 is 4.72 Å². The normalized spacial score (nSPS) is 11.8. The van der Waals surface area contributed by atoms with Gasteiger partial charge in [-0.25, -0.2) is 17.5 Å². The predicted molar refractivity (Wildman–Crippen MR) is 74.7 cm³/mol. The molecule has 2 aromatic rings. The van der Waals surface area contributed by atoms with E-state index in [1.165, 1.54) is 19.3 Å². The second kappa shape index (κ2) is 6.38. The van der Waals surface area contributed by atoms with Gasteiger partial charge >= 0.3 is 0 Å². The molecule has 0 unspecified atom stereocenters. The van der Waals surface area contributed by atoms with Crippen molar-refractivity contribution in [2.24, 2.45) is 0 Å². The molecule has 0 aliphatic carbocycles. The monoisotopic (exact) mass is 313 g/mol. The summed E-state index contributed by atoms with van der Waals surface area (Å²) in [7, 11) is -3.75. The molecule has 0 aliphatic heterocycles. The molecular formula is C14H16FNO4S. The molecule has 21 heavy (non-hydrogen) atoms. The lowest BCUT2D eigenvalue weighted by Crippen LogP contribution is -2.26. The number of sulfonamides is 1. The molecule has 1 aromatic carbocycles. The number of furan rings is 1. The average molecular weight is 313 g/mol.